The van der Waals surface area contributed by atoms with Crippen LogP contribution in [0.5, 0.6) is 0 Å². The van der Waals surface area contributed by atoms with Gasteiger partial charge in [0.15, 0.2) is 0 Å². The van der Waals surface area contributed by atoms with Crippen molar-refractivity contribution in [3.63, 3.8) is 0 Å². The van der Waals surface area contributed by atoms with Crippen LogP contribution in [0.15, 0.2) is 24.3 Å². The molecule has 132 valence electrons. The lowest BCUT2D eigenvalue weighted by molar-refractivity contribution is -0.121. The van der Waals surface area contributed by atoms with Gasteiger partial charge in [-0.2, -0.15) is 0 Å². The van der Waals surface area contributed by atoms with Gasteiger partial charge in [0.05, 0.1) is 0 Å². The third kappa shape index (κ3) is 4.48. The molecular formula is C18H26ClN3O2. The molecule has 0 radical (unpaired) electrons. The Morgan fingerprint density at radius 3 is 2.79 bits per heavy atom. The fourth-order valence-corrected chi connectivity index (χ4v) is 3.54. The van der Waals surface area contributed by atoms with Crippen LogP contribution in [0.1, 0.15) is 44.9 Å². The third-order valence-corrected chi connectivity index (χ3v) is 4.83. The van der Waals surface area contributed by atoms with Crippen LogP contribution < -0.4 is 16.0 Å². The van der Waals surface area contributed by atoms with Gasteiger partial charge in [-0.3, -0.25) is 9.59 Å². The minimum Gasteiger partial charge on any atom is -0.328 e. The average molecular weight is 352 g/mol. The highest BCUT2D eigenvalue weighted by Gasteiger charge is 2.25. The van der Waals surface area contributed by atoms with Gasteiger partial charge in [-0.15, -0.1) is 12.4 Å². The zero-order valence-electron chi connectivity index (χ0n) is 13.9. The number of nitrogens with zero attached hydrogens (tertiary/aromatic N) is 1. The molecule has 24 heavy (non-hydrogen) atoms. The normalized spacial score (nSPS) is 24.2. The van der Waals surface area contributed by atoms with Gasteiger partial charge in [0.2, 0.25) is 11.8 Å². The summed E-state index contributed by atoms with van der Waals surface area (Å²) in [6.45, 7) is 0.758. The van der Waals surface area contributed by atoms with Crippen molar-refractivity contribution in [2.75, 3.05) is 16.8 Å². The number of amides is 2. The standard InChI is InChI=1S/C18H25N3O2.ClH/c19-14-6-3-5-13(11-14)18(23)20-15-7-4-8-16(12-15)21-10-2-1-9-17(21)22;/h4,7-8,12-14H,1-3,5-6,9-11,19H2,(H,20,23);1H. The number of piperidine rings is 1. The van der Waals surface area contributed by atoms with Crippen LogP contribution in [0.3, 0.4) is 0 Å². The fraction of sp³-hybridized carbons (Fsp3) is 0.556. The van der Waals surface area contributed by atoms with Gasteiger partial charge < -0.3 is 16.0 Å². The monoisotopic (exact) mass is 351 g/mol. The Bertz CT molecular complexity index is 593. The van der Waals surface area contributed by atoms with Crippen molar-refractivity contribution in [1.82, 2.24) is 0 Å². The molecule has 0 spiro atoms. The van der Waals surface area contributed by atoms with Gasteiger partial charge in [0.25, 0.3) is 0 Å². The van der Waals surface area contributed by atoms with E-state index in [0.717, 1.165) is 56.4 Å². The number of nitrogens with two attached hydrogens (primary N) is 1. The van der Waals surface area contributed by atoms with Crippen LogP contribution in [0, 0.1) is 5.92 Å². The minimum absolute atomic E-state index is 0. The summed E-state index contributed by atoms with van der Waals surface area (Å²) in [6.07, 6.45) is 6.30. The summed E-state index contributed by atoms with van der Waals surface area (Å²) in [4.78, 5) is 26.3. The third-order valence-electron chi connectivity index (χ3n) is 4.83. The van der Waals surface area contributed by atoms with E-state index in [4.69, 9.17) is 5.73 Å². The zero-order chi connectivity index (χ0) is 16.2. The molecule has 2 fully saturated rings. The minimum atomic E-state index is -0.000903. The molecule has 3 rings (SSSR count). The molecule has 0 bridgehead atoms. The highest BCUT2D eigenvalue weighted by atomic mass is 35.5. The molecule has 1 aliphatic heterocycles. The average Bonchev–Trinajstić information content (AvgIpc) is 2.55. The number of hydrogen-bond donors (Lipinski definition) is 2. The van der Waals surface area contributed by atoms with E-state index in [1.165, 1.54) is 0 Å². The quantitative estimate of drug-likeness (QED) is 0.878. The number of carbonyl (C=O) groups excluding carboxylic acids is 2. The van der Waals surface area contributed by atoms with E-state index >= 15 is 0 Å². The molecule has 0 aromatic heterocycles. The van der Waals surface area contributed by atoms with Gasteiger partial charge in [0.1, 0.15) is 0 Å². The van der Waals surface area contributed by atoms with Crippen molar-refractivity contribution in [2.24, 2.45) is 11.7 Å². The van der Waals surface area contributed by atoms with Gasteiger partial charge in [-0.05, 0) is 50.3 Å². The summed E-state index contributed by atoms with van der Waals surface area (Å²) in [5.74, 6) is 0.208. The molecule has 2 atom stereocenters. The Hall–Kier alpha value is -1.59. The van der Waals surface area contributed by atoms with Crippen molar-refractivity contribution in [3.8, 4) is 0 Å². The molecular weight excluding hydrogens is 326 g/mol. The van der Waals surface area contributed by atoms with Crippen molar-refractivity contribution in [1.29, 1.82) is 0 Å². The summed E-state index contributed by atoms with van der Waals surface area (Å²) in [7, 11) is 0. The maximum absolute atomic E-state index is 12.4. The van der Waals surface area contributed by atoms with E-state index in [0.29, 0.717) is 6.42 Å². The summed E-state index contributed by atoms with van der Waals surface area (Å²) < 4.78 is 0. The van der Waals surface area contributed by atoms with Crippen LogP contribution in [-0.4, -0.2) is 24.4 Å². The number of anilines is 2. The Balaban J connectivity index is 0.00000208. The SMILES string of the molecule is Cl.NC1CCCC(C(=O)Nc2cccc(N3CCCCC3=O)c2)C1. The lowest BCUT2D eigenvalue weighted by atomic mass is 9.85. The molecule has 2 amide bonds. The molecule has 2 aliphatic rings. The molecule has 5 nitrogen and oxygen atoms in total. The number of rotatable bonds is 3. The van der Waals surface area contributed by atoms with Crippen molar-refractivity contribution >= 4 is 35.6 Å². The van der Waals surface area contributed by atoms with E-state index in [1.54, 1.807) is 0 Å². The van der Waals surface area contributed by atoms with Crippen LogP contribution in [0.25, 0.3) is 0 Å². The van der Waals surface area contributed by atoms with Crippen molar-refractivity contribution in [3.05, 3.63) is 24.3 Å². The Morgan fingerprint density at radius 2 is 2.04 bits per heavy atom. The molecule has 3 N–H and O–H groups in total. The number of halogens is 1. The van der Waals surface area contributed by atoms with Crippen LogP contribution in [0.2, 0.25) is 0 Å². The van der Waals surface area contributed by atoms with Crippen LogP contribution in [-0.2, 0) is 9.59 Å². The Morgan fingerprint density at radius 1 is 1.21 bits per heavy atom. The first kappa shape index (κ1) is 18.7. The van der Waals surface area contributed by atoms with Gasteiger partial charge >= 0.3 is 0 Å². The summed E-state index contributed by atoms with van der Waals surface area (Å²) in [5.41, 5.74) is 7.59. The number of hydrogen-bond acceptors (Lipinski definition) is 3. The van der Waals surface area contributed by atoms with Crippen LogP contribution >= 0.6 is 12.4 Å². The lowest BCUT2D eigenvalue weighted by Gasteiger charge is -2.28. The predicted octanol–water partition coefficient (Wildman–Crippen LogP) is 3.08. The van der Waals surface area contributed by atoms with Gasteiger partial charge in [0, 0.05) is 36.3 Å². The summed E-state index contributed by atoms with van der Waals surface area (Å²) in [6, 6.07) is 7.72. The molecule has 1 saturated heterocycles. The Labute approximate surface area is 149 Å². The van der Waals surface area contributed by atoms with E-state index in [2.05, 4.69) is 5.32 Å². The van der Waals surface area contributed by atoms with E-state index in [1.807, 2.05) is 29.2 Å². The summed E-state index contributed by atoms with van der Waals surface area (Å²) in [5, 5.41) is 2.99. The van der Waals surface area contributed by atoms with Crippen molar-refractivity contribution < 1.29 is 9.59 Å². The maximum Gasteiger partial charge on any atom is 0.227 e. The maximum atomic E-state index is 12.4. The molecule has 1 saturated carbocycles. The first-order valence-electron chi connectivity index (χ1n) is 8.60. The first-order chi connectivity index (χ1) is 11.1. The summed E-state index contributed by atoms with van der Waals surface area (Å²) >= 11 is 0. The van der Waals surface area contributed by atoms with Gasteiger partial charge in [-0.1, -0.05) is 12.5 Å². The van der Waals surface area contributed by atoms with Gasteiger partial charge in [-0.25, -0.2) is 0 Å². The highest BCUT2D eigenvalue weighted by molar-refractivity contribution is 5.96. The molecule has 2 unspecified atom stereocenters. The highest BCUT2D eigenvalue weighted by Crippen LogP contribution is 2.27. The zero-order valence-corrected chi connectivity index (χ0v) is 14.7. The van der Waals surface area contributed by atoms with E-state index in [-0.39, 0.29) is 36.2 Å². The second-order valence-electron chi connectivity index (χ2n) is 6.67. The Kier molecular flexibility index (Phi) is 6.63. The molecule has 6 heteroatoms. The number of nitrogens with one attached hydrogen (secondary N) is 1. The largest absolute Gasteiger partial charge is 0.328 e. The number of carbonyl (C=O) groups is 2. The van der Waals surface area contributed by atoms with E-state index < -0.39 is 0 Å². The topological polar surface area (TPSA) is 75.4 Å². The second-order valence-corrected chi connectivity index (χ2v) is 6.67. The van der Waals surface area contributed by atoms with E-state index in [9.17, 15) is 9.59 Å². The molecule has 1 aromatic rings. The van der Waals surface area contributed by atoms with Crippen molar-refractivity contribution in [2.45, 2.75) is 51.0 Å². The molecule has 1 aromatic carbocycles. The fourth-order valence-electron chi connectivity index (χ4n) is 3.54. The lowest BCUT2D eigenvalue weighted by Crippen LogP contribution is -2.35. The molecule has 1 heterocycles. The first-order valence-corrected chi connectivity index (χ1v) is 8.60. The smallest absolute Gasteiger partial charge is 0.227 e. The second kappa shape index (κ2) is 8.49. The van der Waals surface area contributed by atoms with Crippen LogP contribution in [0.4, 0.5) is 11.4 Å². The molecule has 1 aliphatic carbocycles. The predicted molar refractivity (Wildman–Crippen MR) is 98.5 cm³/mol. The number of benzene rings is 1.